The Morgan fingerprint density at radius 2 is 2.07 bits per heavy atom. The summed E-state index contributed by atoms with van der Waals surface area (Å²) in [5.74, 6) is 0.923. The van der Waals surface area contributed by atoms with Gasteiger partial charge in [0.25, 0.3) is 0 Å². The van der Waals surface area contributed by atoms with Crippen molar-refractivity contribution in [3.05, 3.63) is 36.2 Å². The first kappa shape index (κ1) is 18.0. The molecule has 1 amide bonds. The molecule has 0 spiro atoms. The zero-order valence-corrected chi connectivity index (χ0v) is 15.9. The lowest BCUT2D eigenvalue weighted by atomic mass is 9.97. The number of anilines is 1. The van der Waals surface area contributed by atoms with E-state index in [1.165, 1.54) is 4.31 Å². The summed E-state index contributed by atoms with van der Waals surface area (Å²) >= 11 is 0. The van der Waals surface area contributed by atoms with Crippen LogP contribution in [0.15, 0.2) is 35.5 Å². The van der Waals surface area contributed by atoms with Crippen LogP contribution in [-0.2, 0) is 28.3 Å². The molecule has 27 heavy (non-hydrogen) atoms. The number of piperidine rings is 1. The minimum Gasteiger partial charge on any atom is -0.493 e. The molecule has 4 rings (SSSR count). The molecule has 2 aromatic rings. The summed E-state index contributed by atoms with van der Waals surface area (Å²) in [6.45, 7) is 1.25. The predicted molar refractivity (Wildman–Crippen MR) is 99.0 cm³/mol. The summed E-state index contributed by atoms with van der Waals surface area (Å²) in [6, 6.07) is 5.03. The number of amides is 1. The maximum atomic E-state index is 12.9. The number of sulfonamides is 1. The van der Waals surface area contributed by atoms with Gasteiger partial charge in [-0.1, -0.05) is 0 Å². The van der Waals surface area contributed by atoms with E-state index < -0.39 is 10.0 Å². The zero-order valence-electron chi connectivity index (χ0n) is 15.1. The molecule has 144 valence electrons. The third kappa shape index (κ3) is 3.44. The lowest BCUT2D eigenvalue weighted by Gasteiger charge is -2.30. The van der Waals surface area contributed by atoms with Crippen molar-refractivity contribution in [1.29, 1.82) is 0 Å². The van der Waals surface area contributed by atoms with Gasteiger partial charge in [-0.2, -0.15) is 4.31 Å². The van der Waals surface area contributed by atoms with Gasteiger partial charge in [-0.15, -0.1) is 0 Å². The van der Waals surface area contributed by atoms with E-state index in [4.69, 9.17) is 4.74 Å². The number of nitrogens with one attached hydrogen (secondary N) is 1. The Bertz CT molecular complexity index is 961. The van der Waals surface area contributed by atoms with Crippen molar-refractivity contribution in [2.75, 3.05) is 25.0 Å². The molecule has 0 aliphatic carbocycles. The van der Waals surface area contributed by atoms with Crippen molar-refractivity contribution in [3.8, 4) is 5.75 Å². The number of carbonyl (C=O) groups excluding carboxylic acids is 1. The predicted octanol–water partition coefficient (Wildman–Crippen LogP) is 1.39. The van der Waals surface area contributed by atoms with Crippen LogP contribution >= 0.6 is 0 Å². The fourth-order valence-electron chi connectivity index (χ4n) is 3.53. The van der Waals surface area contributed by atoms with Crippen molar-refractivity contribution in [3.63, 3.8) is 0 Å². The van der Waals surface area contributed by atoms with Crippen LogP contribution in [0.25, 0.3) is 0 Å². The standard InChI is InChI=1S/C18H22N4O4S/c1-21-10-7-19-18(21)20-17(23)13-4-8-22(9-5-13)27(24,25)15-2-3-16-14(12-15)6-11-26-16/h2-3,7,10,12-13H,4-6,8-9,11H2,1H3,(H,19,20,23). The molecule has 0 atom stereocenters. The Hall–Kier alpha value is -2.39. The first-order valence-electron chi connectivity index (χ1n) is 8.99. The highest BCUT2D eigenvalue weighted by atomic mass is 32.2. The Morgan fingerprint density at radius 3 is 2.78 bits per heavy atom. The monoisotopic (exact) mass is 390 g/mol. The Morgan fingerprint density at radius 1 is 1.30 bits per heavy atom. The highest BCUT2D eigenvalue weighted by Gasteiger charge is 2.33. The molecule has 3 heterocycles. The summed E-state index contributed by atoms with van der Waals surface area (Å²) in [6.07, 6.45) is 5.08. The van der Waals surface area contributed by atoms with E-state index in [0.29, 0.717) is 43.4 Å². The third-order valence-electron chi connectivity index (χ3n) is 5.18. The molecule has 1 aromatic carbocycles. The number of rotatable bonds is 4. The fourth-order valence-corrected chi connectivity index (χ4v) is 5.05. The van der Waals surface area contributed by atoms with Gasteiger partial charge in [0.2, 0.25) is 21.9 Å². The van der Waals surface area contributed by atoms with Crippen LogP contribution in [0.1, 0.15) is 18.4 Å². The normalized spacial score (nSPS) is 18.1. The number of aromatic nitrogens is 2. The molecular weight excluding hydrogens is 368 g/mol. The number of imidazole rings is 1. The molecule has 0 unspecified atom stereocenters. The van der Waals surface area contributed by atoms with E-state index in [-0.39, 0.29) is 11.8 Å². The summed E-state index contributed by atoms with van der Waals surface area (Å²) in [4.78, 5) is 16.8. The zero-order chi connectivity index (χ0) is 19.0. The molecule has 0 saturated carbocycles. The molecule has 1 fully saturated rings. The van der Waals surface area contributed by atoms with Gasteiger partial charge >= 0.3 is 0 Å². The number of hydrogen-bond acceptors (Lipinski definition) is 5. The van der Waals surface area contributed by atoms with E-state index in [9.17, 15) is 13.2 Å². The summed E-state index contributed by atoms with van der Waals surface area (Å²) in [7, 11) is -1.75. The number of nitrogens with zero attached hydrogens (tertiary/aromatic N) is 3. The number of aryl methyl sites for hydroxylation is 1. The second-order valence-corrected chi connectivity index (χ2v) is 8.84. The van der Waals surface area contributed by atoms with Gasteiger partial charge in [0.1, 0.15) is 5.75 Å². The molecule has 0 radical (unpaired) electrons. The lowest BCUT2D eigenvalue weighted by Crippen LogP contribution is -2.41. The van der Waals surface area contributed by atoms with Gasteiger partial charge < -0.3 is 9.30 Å². The van der Waals surface area contributed by atoms with Gasteiger partial charge in [0.15, 0.2) is 0 Å². The highest BCUT2D eigenvalue weighted by Crippen LogP contribution is 2.30. The Labute approximate surface area is 158 Å². The van der Waals surface area contributed by atoms with Crippen molar-refractivity contribution in [1.82, 2.24) is 13.9 Å². The van der Waals surface area contributed by atoms with Crippen molar-refractivity contribution in [2.24, 2.45) is 13.0 Å². The van der Waals surface area contributed by atoms with Gasteiger partial charge in [-0.05, 0) is 36.6 Å². The number of fused-ring (bicyclic) bond motifs is 1. The second kappa shape index (κ2) is 6.97. The number of carbonyl (C=O) groups is 1. The van der Waals surface area contributed by atoms with E-state index in [1.54, 1.807) is 42.2 Å². The molecule has 0 bridgehead atoms. The molecular formula is C18H22N4O4S. The highest BCUT2D eigenvalue weighted by molar-refractivity contribution is 7.89. The van der Waals surface area contributed by atoms with Gasteiger partial charge in [0, 0.05) is 44.9 Å². The topological polar surface area (TPSA) is 93.5 Å². The van der Waals surface area contributed by atoms with Crippen molar-refractivity contribution < 1.29 is 17.9 Å². The smallest absolute Gasteiger partial charge is 0.243 e. The SMILES string of the molecule is Cn1ccnc1NC(=O)C1CCN(S(=O)(=O)c2ccc3c(c2)CCO3)CC1. The van der Waals surface area contributed by atoms with Crippen LogP contribution in [0.3, 0.4) is 0 Å². The van der Waals surface area contributed by atoms with E-state index in [1.807, 2.05) is 0 Å². The van der Waals surface area contributed by atoms with Gasteiger partial charge in [-0.25, -0.2) is 13.4 Å². The molecule has 1 saturated heterocycles. The fraction of sp³-hybridized carbons (Fsp3) is 0.444. The second-order valence-electron chi connectivity index (χ2n) is 6.90. The minimum atomic E-state index is -3.56. The average Bonchev–Trinajstić information content (AvgIpc) is 3.30. The van der Waals surface area contributed by atoms with Gasteiger partial charge in [-0.3, -0.25) is 10.1 Å². The largest absolute Gasteiger partial charge is 0.493 e. The molecule has 9 heteroatoms. The maximum Gasteiger partial charge on any atom is 0.243 e. The third-order valence-corrected chi connectivity index (χ3v) is 7.07. The van der Waals surface area contributed by atoms with E-state index in [0.717, 1.165) is 17.7 Å². The van der Waals surface area contributed by atoms with E-state index in [2.05, 4.69) is 10.3 Å². The first-order valence-corrected chi connectivity index (χ1v) is 10.4. The van der Waals surface area contributed by atoms with Crippen molar-refractivity contribution in [2.45, 2.75) is 24.2 Å². The lowest BCUT2D eigenvalue weighted by molar-refractivity contribution is -0.121. The summed E-state index contributed by atoms with van der Waals surface area (Å²) in [5, 5.41) is 2.80. The van der Waals surface area contributed by atoms with E-state index >= 15 is 0 Å². The van der Waals surface area contributed by atoms with Gasteiger partial charge in [0.05, 0.1) is 11.5 Å². The summed E-state index contributed by atoms with van der Waals surface area (Å²) in [5.41, 5.74) is 0.931. The van der Waals surface area contributed by atoms with Crippen LogP contribution in [0.4, 0.5) is 5.95 Å². The molecule has 2 aliphatic heterocycles. The summed E-state index contributed by atoms with van der Waals surface area (Å²) < 4.78 is 34.5. The Kier molecular flexibility index (Phi) is 4.65. The van der Waals surface area contributed by atoms with Crippen LogP contribution in [-0.4, -0.2) is 47.9 Å². The molecule has 1 aromatic heterocycles. The molecule has 1 N–H and O–H groups in total. The maximum absolute atomic E-state index is 12.9. The first-order chi connectivity index (χ1) is 12.9. The average molecular weight is 390 g/mol. The molecule has 8 nitrogen and oxygen atoms in total. The van der Waals surface area contributed by atoms with Crippen molar-refractivity contribution >= 4 is 21.9 Å². The van der Waals surface area contributed by atoms with Crippen LogP contribution in [0.2, 0.25) is 0 Å². The van der Waals surface area contributed by atoms with Crippen LogP contribution < -0.4 is 10.1 Å². The number of ether oxygens (including phenoxy) is 1. The molecule has 2 aliphatic rings. The number of benzene rings is 1. The number of hydrogen-bond donors (Lipinski definition) is 1. The Balaban J connectivity index is 1.41. The van der Waals surface area contributed by atoms with Crippen LogP contribution in [0, 0.1) is 5.92 Å². The quantitative estimate of drug-likeness (QED) is 0.852. The van der Waals surface area contributed by atoms with Crippen LogP contribution in [0.5, 0.6) is 5.75 Å². The minimum absolute atomic E-state index is 0.115.